The van der Waals surface area contributed by atoms with Crippen LogP contribution in [-0.2, 0) is 17.9 Å². The van der Waals surface area contributed by atoms with E-state index in [2.05, 4.69) is 21.1 Å². The Morgan fingerprint density at radius 2 is 1.71 bits per heavy atom. The smallest absolute Gasteiger partial charge is 0.306 e. The number of hydrogen-bond acceptors (Lipinski definition) is 5. The van der Waals surface area contributed by atoms with Crippen molar-refractivity contribution in [2.75, 3.05) is 0 Å². The number of nitrogens with zero attached hydrogens (tertiary/aromatic N) is 3. The van der Waals surface area contributed by atoms with E-state index in [1.807, 2.05) is 12.1 Å². The molecular formula is C23H21F2N3O3. The van der Waals surface area contributed by atoms with E-state index in [1.54, 1.807) is 0 Å². The topological polar surface area (TPSA) is 79.5 Å². The fourth-order valence-corrected chi connectivity index (χ4v) is 4.59. The molecule has 1 saturated carbocycles. The Labute approximate surface area is 177 Å². The molecule has 0 atom stereocenters. The first kappa shape index (κ1) is 19.8. The molecule has 0 bridgehead atoms. The van der Waals surface area contributed by atoms with E-state index in [1.165, 1.54) is 17.2 Å². The second-order valence-electron chi connectivity index (χ2n) is 8.28. The van der Waals surface area contributed by atoms with Gasteiger partial charge < -0.3 is 9.63 Å². The number of rotatable bonds is 4. The van der Waals surface area contributed by atoms with Crippen LogP contribution in [0.15, 0.2) is 40.9 Å². The van der Waals surface area contributed by atoms with Gasteiger partial charge in [0.2, 0.25) is 5.82 Å². The number of fused-ring (bicyclic) bond motifs is 1. The van der Waals surface area contributed by atoms with E-state index >= 15 is 0 Å². The molecule has 0 radical (unpaired) electrons. The van der Waals surface area contributed by atoms with E-state index in [4.69, 9.17) is 4.52 Å². The van der Waals surface area contributed by atoms with Crippen LogP contribution in [0.3, 0.4) is 0 Å². The molecule has 8 heteroatoms. The lowest BCUT2D eigenvalue weighted by atomic mass is 9.85. The minimum absolute atomic E-state index is 0.131. The Hall–Kier alpha value is -3.13. The zero-order valence-electron chi connectivity index (χ0n) is 16.7. The first-order chi connectivity index (χ1) is 15.0. The fourth-order valence-electron chi connectivity index (χ4n) is 4.59. The lowest BCUT2D eigenvalue weighted by molar-refractivity contribution is -0.143. The number of aliphatic carboxylic acids is 1. The zero-order chi connectivity index (χ0) is 21.5. The standard InChI is InChI=1S/C23H21F2N3O3/c24-19-8-5-15(10-20(19)25)22-26-21(27-31-22)14-1-2-16-11-28(12-17(16)9-14)18-6-3-13(4-7-18)23(29)30/h1-2,5,8-10,13,18H,3-4,6-7,11-12H2,(H,29,30). The zero-order valence-corrected chi connectivity index (χ0v) is 16.7. The molecule has 1 aliphatic heterocycles. The number of hydrogen-bond donors (Lipinski definition) is 1. The van der Waals surface area contributed by atoms with E-state index in [0.717, 1.165) is 56.5 Å². The Kier molecular flexibility index (Phi) is 5.02. The number of carbonyl (C=O) groups is 1. The van der Waals surface area contributed by atoms with Gasteiger partial charge in [-0.25, -0.2) is 8.78 Å². The Morgan fingerprint density at radius 1 is 0.968 bits per heavy atom. The van der Waals surface area contributed by atoms with Crippen molar-refractivity contribution in [1.29, 1.82) is 0 Å². The third-order valence-electron chi connectivity index (χ3n) is 6.37. The first-order valence-corrected chi connectivity index (χ1v) is 10.4. The summed E-state index contributed by atoms with van der Waals surface area (Å²) >= 11 is 0. The molecule has 5 rings (SSSR count). The van der Waals surface area contributed by atoms with E-state index in [9.17, 15) is 18.7 Å². The predicted octanol–water partition coefficient (Wildman–Crippen LogP) is 4.64. The van der Waals surface area contributed by atoms with Gasteiger partial charge in [0, 0.05) is 30.3 Å². The van der Waals surface area contributed by atoms with Crippen LogP contribution in [0.1, 0.15) is 36.8 Å². The second kappa shape index (κ2) is 7.85. The monoisotopic (exact) mass is 425 g/mol. The second-order valence-corrected chi connectivity index (χ2v) is 8.28. The van der Waals surface area contributed by atoms with Gasteiger partial charge in [0.25, 0.3) is 5.89 Å². The van der Waals surface area contributed by atoms with Crippen LogP contribution in [0, 0.1) is 17.6 Å². The third-order valence-corrected chi connectivity index (χ3v) is 6.37. The number of benzene rings is 2. The molecule has 0 unspecified atom stereocenters. The quantitative estimate of drug-likeness (QED) is 0.656. The maximum Gasteiger partial charge on any atom is 0.306 e. The van der Waals surface area contributed by atoms with Crippen molar-refractivity contribution < 1.29 is 23.2 Å². The summed E-state index contributed by atoms with van der Waals surface area (Å²) in [5.41, 5.74) is 3.56. The average Bonchev–Trinajstić information content (AvgIpc) is 3.42. The van der Waals surface area contributed by atoms with Crippen molar-refractivity contribution in [2.24, 2.45) is 5.92 Å². The highest BCUT2D eigenvalue weighted by molar-refractivity contribution is 5.70. The fraction of sp³-hybridized carbons (Fsp3) is 0.348. The van der Waals surface area contributed by atoms with Crippen LogP contribution in [0.2, 0.25) is 0 Å². The highest BCUT2D eigenvalue weighted by Crippen LogP contribution is 2.35. The van der Waals surface area contributed by atoms with Crippen LogP contribution >= 0.6 is 0 Å². The number of carboxylic acid groups (broad SMARTS) is 1. The molecule has 2 aliphatic rings. The Bertz CT molecular complexity index is 1140. The molecule has 2 aromatic carbocycles. The minimum atomic E-state index is -0.965. The van der Waals surface area contributed by atoms with Crippen LogP contribution in [0.4, 0.5) is 8.78 Å². The SMILES string of the molecule is O=C(O)C1CCC(N2Cc3ccc(-c4noc(-c5ccc(F)c(F)c5)n4)cc3C2)CC1. The molecule has 1 N–H and O–H groups in total. The molecular weight excluding hydrogens is 404 g/mol. The van der Waals surface area contributed by atoms with Crippen molar-refractivity contribution in [3.8, 4) is 22.8 Å². The molecule has 0 spiro atoms. The summed E-state index contributed by atoms with van der Waals surface area (Å²) in [4.78, 5) is 17.9. The van der Waals surface area contributed by atoms with E-state index < -0.39 is 17.6 Å². The van der Waals surface area contributed by atoms with Gasteiger partial charge in [-0.15, -0.1) is 0 Å². The number of halogens is 2. The van der Waals surface area contributed by atoms with Crippen molar-refractivity contribution in [1.82, 2.24) is 15.0 Å². The Balaban J connectivity index is 1.30. The molecule has 1 aliphatic carbocycles. The predicted molar refractivity (Wildman–Crippen MR) is 108 cm³/mol. The average molecular weight is 425 g/mol. The highest BCUT2D eigenvalue weighted by Gasteiger charge is 2.32. The van der Waals surface area contributed by atoms with Gasteiger partial charge in [-0.1, -0.05) is 17.3 Å². The number of carboxylic acids is 1. The van der Waals surface area contributed by atoms with Crippen molar-refractivity contribution in [3.05, 3.63) is 59.2 Å². The largest absolute Gasteiger partial charge is 0.481 e. The summed E-state index contributed by atoms with van der Waals surface area (Å²) in [6.07, 6.45) is 3.27. The van der Waals surface area contributed by atoms with E-state index in [0.29, 0.717) is 17.4 Å². The van der Waals surface area contributed by atoms with Crippen LogP contribution in [-0.4, -0.2) is 32.2 Å². The molecule has 31 heavy (non-hydrogen) atoms. The maximum absolute atomic E-state index is 13.5. The van der Waals surface area contributed by atoms with Gasteiger partial charge >= 0.3 is 5.97 Å². The van der Waals surface area contributed by atoms with Gasteiger partial charge in [0.1, 0.15) is 0 Å². The molecule has 3 aromatic rings. The summed E-state index contributed by atoms with van der Waals surface area (Å²) in [7, 11) is 0. The summed E-state index contributed by atoms with van der Waals surface area (Å²) in [5, 5.41) is 13.2. The normalized spacial score (nSPS) is 21.2. The van der Waals surface area contributed by atoms with Crippen LogP contribution < -0.4 is 0 Å². The summed E-state index contributed by atoms with van der Waals surface area (Å²) in [5.74, 6) is -2.27. The van der Waals surface area contributed by atoms with Crippen LogP contribution in [0.25, 0.3) is 22.8 Å². The minimum Gasteiger partial charge on any atom is -0.481 e. The summed E-state index contributed by atoms with van der Waals surface area (Å²) in [6.45, 7) is 1.66. The molecule has 2 heterocycles. The van der Waals surface area contributed by atoms with Gasteiger partial charge in [-0.05, 0) is 61.1 Å². The Morgan fingerprint density at radius 3 is 2.45 bits per heavy atom. The molecule has 160 valence electrons. The van der Waals surface area contributed by atoms with Crippen molar-refractivity contribution in [3.63, 3.8) is 0 Å². The first-order valence-electron chi connectivity index (χ1n) is 10.4. The van der Waals surface area contributed by atoms with Gasteiger partial charge in [-0.3, -0.25) is 9.69 Å². The maximum atomic E-state index is 13.5. The molecule has 1 aromatic heterocycles. The lowest BCUT2D eigenvalue weighted by Crippen LogP contribution is -2.35. The molecule has 0 saturated heterocycles. The lowest BCUT2D eigenvalue weighted by Gasteiger charge is -2.33. The molecule has 6 nitrogen and oxygen atoms in total. The van der Waals surface area contributed by atoms with E-state index in [-0.39, 0.29) is 11.8 Å². The summed E-state index contributed by atoms with van der Waals surface area (Å²) < 4.78 is 31.9. The van der Waals surface area contributed by atoms with Gasteiger partial charge in [0.15, 0.2) is 11.6 Å². The number of aromatic nitrogens is 2. The van der Waals surface area contributed by atoms with Crippen LogP contribution in [0.5, 0.6) is 0 Å². The van der Waals surface area contributed by atoms with Crippen molar-refractivity contribution in [2.45, 2.75) is 44.8 Å². The van der Waals surface area contributed by atoms with Gasteiger partial charge in [0.05, 0.1) is 5.92 Å². The molecule has 1 fully saturated rings. The molecule has 0 amide bonds. The summed E-state index contributed by atoms with van der Waals surface area (Å²) in [6, 6.07) is 9.89. The van der Waals surface area contributed by atoms with Crippen molar-refractivity contribution >= 4 is 5.97 Å². The highest BCUT2D eigenvalue weighted by atomic mass is 19.2. The van der Waals surface area contributed by atoms with Gasteiger partial charge in [-0.2, -0.15) is 4.98 Å². The third kappa shape index (κ3) is 3.83.